The highest BCUT2D eigenvalue weighted by molar-refractivity contribution is 6.13. The molecular formula is C23H24N2O6. The van der Waals surface area contributed by atoms with Crippen molar-refractivity contribution in [2.75, 3.05) is 26.9 Å². The largest absolute Gasteiger partial charge is 0.493 e. The van der Waals surface area contributed by atoms with Gasteiger partial charge >= 0.3 is 5.97 Å². The van der Waals surface area contributed by atoms with E-state index in [9.17, 15) is 9.59 Å². The molecule has 1 amide bonds. The first-order chi connectivity index (χ1) is 15.0. The highest BCUT2D eigenvalue weighted by Crippen LogP contribution is 2.30. The summed E-state index contributed by atoms with van der Waals surface area (Å²) in [6.07, 6.45) is 1.59. The summed E-state index contributed by atoms with van der Waals surface area (Å²) in [5.74, 6) is 0.841. The van der Waals surface area contributed by atoms with Crippen LogP contribution < -0.4 is 19.5 Å². The fourth-order valence-corrected chi connectivity index (χ4v) is 2.89. The van der Waals surface area contributed by atoms with Crippen LogP contribution in [-0.2, 0) is 14.3 Å². The highest BCUT2D eigenvalue weighted by atomic mass is 16.6. The number of esters is 1. The molecule has 0 bridgehead atoms. The first kappa shape index (κ1) is 21.9. The van der Waals surface area contributed by atoms with E-state index in [0.717, 1.165) is 0 Å². The summed E-state index contributed by atoms with van der Waals surface area (Å²) in [5.41, 5.74) is 1.42. The number of rotatable bonds is 9. The number of benzene rings is 2. The summed E-state index contributed by atoms with van der Waals surface area (Å²) in [6, 6.07) is 12.3. The number of nitrogens with one attached hydrogen (secondary N) is 1. The van der Waals surface area contributed by atoms with Gasteiger partial charge in [0.05, 0.1) is 19.3 Å². The molecule has 0 fully saturated rings. The standard InChI is InChI=1S/C23H24N2O6/c1-4-24-21(26)14-30-19-11-10-15(13-20(19)28-3)12-17-23(27)31-22(25-17)16-8-6-7-9-18(16)29-5-2/h6-13H,4-5,14H2,1-3H3,(H,24,26)/b17-12-. The molecule has 0 spiro atoms. The smallest absolute Gasteiger partial charge is 0.363 e. The van der Waals surface area contributed by atoms with Gasteiger partial charge in [0.2, 0.25) is 5.90 Å². The van der Waals surface area contributed by atoms with Gasteiger partial charge in [-0.05, 0) is 49.8 Å². The molecule has 0 aromatic heterocycles. The van der Waals surface area contributed by atoms with E-state index in [2.05, 4.69) is 10.3 Å². The van der Waals surface area contributed by atoms with E-state index in [1.165, 1.54) is 7.11 Å². The molecule has 1 N–H and O–H groups in total. The van der Waals surface area contributed by atoms with Crippen molar-refractivity contribution in [1.82, 2.24) is 5.32 Å². The summed E-state index contributed by atoms with van der Waals surface area (Å²) in [6.45, 7) is 4.60. The van der Waals surface area contributed by atoms with Crippen molar-refractivity contribution in [2.24, 2.45) is 4.99 Å². The number of methoxy groups -OCH3 is 1. The molecule has 162 valence electrons. The van der Waals surface area contributed by atoms with Gasteiger partial charge in [0.1, 0.15) is 5.75 Å². The van der Waals surface area contributed by atoms with E-state index in [4.69, 9.17) is 18.9 Å². The molecule has 1 heterocycles. The molecule has 0 unspecified atom stereocenters. The molecule has 0 saturated heterocycles. The topological polar surface area (TPSA) is 95.5 Å². The van der Waals surface area contributed by atoms with Crippen LogP contribution in [0, 0.1) is 0 Å². The number of amides is 1. The third-order valence-electron chi connectivity index (χ3n) is 4.26. The van der Waals surface area contributed by atoms with Crippen molar-refractivity contribution in [2.45, 2.75) is 13.8 Å². The van der Waals surface area contributed by atoms with Gasteiger partial charge in [-0.15, -0.1) is 0 Å². The number of hydrogen-bond acceptors (Lipinski definition) is 7. The normalized spacial score (nSPS) is 14.1. The Bertz CT molecular complexity index is 1030. The van der Waals surface area contributed by atoms with Crippen LogP contribution in [0.3, 0.4) is 0 Å². The Labute approximate surface area is 180 Å². The zero-order valence-electron chi connectivity index (χ0n) is 17.6. The van der Waals surface area contributed by atoms with E-state index in [1.807, 2.05) is 26.0 Å². The molecule has 2 aromatic carbocycles. The van der Waals surface area contributed by atoms with Gasteiger partial charge in [0.25, 0.3) is 5.91 Å². The van der Waals surface area contributed by atoms with E-state index in [1.54, 1.807) is 36.4 Å². The molecule has 31 heavy (non-hydrogen) atoms. The Morgan fingerprint density at radius 3 is 2.65 bits per heavy atom. The molecule has 8 heteroatoms. The van der Waals surface area contributed by atoms with Gasteiger partial charge in [-0.3, -0.25) is 4.79 Å². The summed E-state index contributed by atoms with van der Waals surface area (Å²) < 4.78 is 21.8. The lowest BCUT2D eigenvalue weighted by atomic mass is 10.1. The summed E-state index contributed by atoms with van der Waals surface area (Å²) in [4.78, 5) is 28.3. The molecule has 8 nitrogen and oxygen atoms in total. The van der Waals surface area contributed by atoms with Crippen LogP contribution in [0.4, 0.5) is 0 Å². The van der Waals surface area contributed by atoms with Gasteiger partial charge in [0, 0.05) is 6.54 Å². The third kappa shape index (κ3) is 5.42. The Hall–Kier alpha value is -3.81. The average molecular weight is 424 g/mol. The van der Waals surface area contributed by atoms with Gasteiger partial charge in [-0.2, -0.15) is 0 Å². The number of hydrogen-bond donors (Lipinski definition) is 1. The van der Waals surface area contributed by atoms with Gasteiger partial charge in [0.15, 0.2) is 23.8 Å². The third-order valence-corrected chi connectivity index (χ3v) is 4.26. The van der Waals surface area contributed by atoms with Gasteiger partial charge in [-0.1, -0.05) is 18.2 Å². The Kier molecular flexibility index (Phi) is 7.26. The highest BCUT2D eigenvalue weighted by Gasteiger charge is 2.26. The number of carbonyl (C=O) groups excluding carboxylic acids is 2. The fraction of sp³-hybridized carbons (Fsp3) is 0.261. The van der Waals surface area contributed by atoms with Crippen LogP contribution in [0.25, 0.3) is 6.08 Å². The second-order valence-electron chi connectivity index (χ2n) is 6.42. The minimum atomic E-state index is -0.558. The van der Waals surface area contributed by atoms with Crippen molar-refractivity contribution in [1.29, 1.82) is 0 Å². The first-order valence-corrected chi connectivity index (χ1v) is 9.88. The predicted octanol–water partition coefficient (Wildman–Crippen LogP) is 2.95. The van der Waals surface area contributed by atoms with Crippen LogP contribution in [0.1, 0.15) is 25.0 Å². The number of ether oxygens (including phenoxy) is 4. The molecule has 0 radical (unpaired) electrons. The van der Waals surface area contributed by atoms with Crippen LogP contribution >= 0.6 is 0 Å². The van der Waals surface area contributed by atoms with Crippen LogP contribution in [0.2, 0.25) is 0 Å². The van der Waals surface area contributed by atoms with Crippen molar-refractivity contribution >= 4 is 23.9 Å². The zero-order valence-corrected chi connectivity index (χ0v) is 17.6. The monoisotopic (exact) mass is 424 g/mol. The van der Waals surface area contributed by atoms with Crippen LogP contribution in [-0.4, -0.2) is 44.6 Å². The lowest BCUT2D eigenvalue weighted by molar-refractivity contribution is -0.130. The molecule has 0 aliphatic carbocycles. The quantitative estimate of drug-likeness (QED) is 0.491. The van der Waals surface area contributed by atoms with E-state index in [-0.39, 0.29) is 24.1 Å². The number of aliphatic imine (C=N–C) groups is 1. The predicted molar refractivity (Wildman–Crippen MR) is 115 cm³/mol. The van der Waals surface area contributed by atoms with Crippen molar-refractivity contribution < 1.29 is 28.5 Å². The molecule has 3 rings (SSSR count). The Morgan fingerprint density at radius 1 is 1.10 bits per heavy atom. The number of cyclic esters (lactones) is 1. The minimum Gasteiger partial charge on any atom is -0.493 e. The SMILES string of the molecule is CCNC(=O)COc1ccc(/C=C2\N=C(c3ccccc3OCC)OC2=O)cc1OC. The molecule has 1 aliphatic rings. The van der Waals surface area contributed by atoms with Gasteiger partial charge < -0.3 is 24.3 Å². The van der Waals surface area contributed by atoms with E-state index >= 15 is 0 Å². The number of likely N-dealkylation sites (N-methyl/N-ethyl adjacent to an activating group) is 1. The van der Waals surface area contributed by atoms with Crippen LogP contribution in [0.15, 0.2) is 53.2 Å². The maximum absolute atomic E-state index is 12.3. The number of carbonyl (C=O) groups is 2. The summed E-state index contributed by atoms with van der Waals surface area (Å²) in [7, 11) is 1.50. The fourth-order valence-electron chi connectivity index (χ4n) is 2.89. The van der Waals surface area contributed by atoms with Crippen molar-refractivity contribution in [3.8, 4) is 17.2 Å². The second kappa shape index (κ2) is 10.3. The van der Waals surface area contributed by atoms with Crippen molar-refractivity contribution in [3.63, 3.8) is 0 Å². The van der Waals surface area contributed by atoms with Crippen molar-refractivity contribution in [3.05, 3.63) is 59.3 Å². The summed E-state index contributed by atoms with van der Waals surface area (Å²) in [5, 5.41) is 2.66. The minimum absolute atomic E-state index is 0.121. The van der Waals surface area contributed by atoms with Crippen LogP contribution in [0.5, 0.6) is 17.2 Å². The maximum atomic E-state index is 12.3. The lowest BCUT2D eigenvalue weighted by Crippen LogP contribution is -2.28. The lowest BCUT2D eigenvalue weighted by Gasteiger charge is -2.11. The Balaban J connectivity index is 1.82. The summed E-state index contributed by atoms with van der Waals surface area (Å²) >= 11 is 0. The first-order valence-electron chi connectivity index (χ1n) is 9.88. The molecule has 0 saturated carbocycles. The van der Waals surface area contributed by atoms with E-state index in [0.29, 0.717) is 41.5 Å². The maximum Gasteiger partial charge on any atom is 0.363 e. The average Bonchev–Trinajstić information content (AvgIpc) is 3.13. The molecule has 1 aliphatic heterocycles. The molecular weight excluding hydrogens is 400 g/mol. The van der Waals surface area contributed by atoms with E-state index < -0.39 is 5.97 Å². The molecule has 2 aromatic rings. The molecule has 0 atom stereocenters. The zero-order chi connectivity index (χ0) is 22.2. The second-order valence-corrected chi connectivity index (χ2v) is 6.42. The Morgan fingerprint density at radius 2 is 1.90 bits per heavy atom. The number of para-hydroxylation sites is 1. The van der Waals surface area contributed by atoms with Gasteiger partial charge in [-0.25, -0.2) is 9.79 Å². The number of nitrogens with zero attached hydrogens (tertiary/aromatic N) is 1.